The van der Waals surface area contributed by atoms with Crippen molar-refractivity contribution in [2.24, 2.45) is 5.41 Å². The highest BCUT2D eigenvalue weighted by atomic mass is 16.6. The number of aromatic nitrogens is 2. The number of rotatable bonds is 4. The van der Waals surface area contributed by atoms with Crippen molar-refractivity contribution in [3.8, 4) is 0 Å². The monoisotopic (exact) mass is 374 g/mol. The van der Waals surface area contributed by atoms with Gasteiger partial charge >= 0.3 is 5.97 Å². The number of esters is 1. The molecule has 1 aromatic rings. The van der Waals surface area contributed by atoms with Gasteiger partial charge in [-0.1, -0.05) is 0 Å². The number of hydrogen-bond donors (Lipinski definition) is 1. The van der Waals surface area contributed by atoms with Crippen LogP contribution < -0.4 is 15.5 Å². The van der Waals surface area contributed by atoms with Gasteiger partial charge in [-0.05, 0) is 39.8 Å². The number of hydrogen-bond acceptors (Lipinski definition) is 8. The van der Waals surface area contributed by atoms with Crippen LogP contribution in [0.3, 0.4) is 0 Å². The molecule has 1 unspecified atom stereocenters. The van der Waals surface area contributed by atoms with E-state index in [4.69, 9.17) is 10.5 Å². The maximum atomic E-state index is 12.6. The van der Waals surface area contributed by atoms with E-state index >= 15 is 0 Å². The minimum atomic E-state index is -0.326. The highest BCUT2D eigenvalue weighted by Gasteiger charge is 2.50. The van der Waals surface area contributed by atoms with Crippen molar-refractivity contribution in [1.29, 1.82) is 0 Å². The third-order valence-electron chi connectivity index (χ3n) is 6.08. The SMILES string of the molecule is CN(C)CC1CC2(CCN(c3cc(N4CCCC4)nc(N)n3)CC2)C(=O)O1. The minimum Gasteiger partial charge on any atom is -0.461 e. The number of carbonyl (C=O) groups excluding carboxylic acids is 1. The van der Waals surface area contributed by atoms with Crippen molar-refractivity contribution in [3.05, 3.63) is 6.07 Å². The second-order valence-corrected chi connectivity index (χ2v) is 8.40. The molecule has 3 saturated heterocycles. The number of nitrogens with two attached hydrogens (primary N) is 1. The van der Waals surface area contributed by atoms with E-state index in [2.05, 4.69) is 24.7 Å². The molecule has 0 amide bonds. The van der Waals surface area contributed by atoms with Crippen LogP contribution in [0.2, 0.25) is 0 Å². The van der Waals surface area contributed by atoms with Crippen molar-refractivity contribution in [2.45, 2.75) is 38.2 Å². The number of cyclic esters (lactones) is 1. The molecule has 8 heteroatoms. The number of nitrogen functional groups attached to an aromatic ring is 1. The summed E-state index contributed by atoms with van der Waals surface area (Å²) in [5.74, 6) is 2.09. The zero-order chi connectivity index (χ0) is 19.0. The fourth-order valence-electron chi connectivity index (χ4n) is 4.63. The first-order valence-corrected chi connectivity index (χ1v) is 9.95. The van der Waals surface area contributed by atoms with Crippen LogP contribution in [0.5, 0.6) is 0 Å². The summed E-state index contributed by atoms with van der Waals surface area (Å²) < 4.78 is 5.66. The summed E-state index contributed by atoms with van der Waals surface area (Å²) in [5, 5.41) is 0. The van der Waals surface area contributed by atoms with E-state index in [1.54, 1.807) is 0 Å². The quantitative estimate of drug-likeness (QED) is 0.785. The summed E-state index contributed by atoms with van der Waals surface area (Å²) in [6, 6.07) is 2.04. The van der Waals surface area contributed by atoms with E-state index in [-0.39, 0.29) is 17.5 Å². The first kappa shape index (κ1) is 18.3. The lowest BCUT2D eigenvalue weighted by Crippen LogP contribution is -2.43. The van der Waals surface area contributed by atoms with Crippen LogP contribution in [-0.2, 0) is 9.53 Å². The Labute approximate surface area is 160 Å². The van der Waals surface area contributed by atoms with Crippen LogP contribution in [0.25, 0.3) is 0 Å². The molecule has 1 aromatic heterocycles. The molecule has 0 bridgehead atoms. The molecule has 2 N–H and O–H groups in total. The molecule has 3 aliphatic heterocycles. The van der Waals surface area contributed by atoms with Crippen molar-refractivity contribution in [3.63, 3.8) is 0 Å². The number of nitrogens with zero attached hydrogens (tertiary/aromatic N) is 5. The molecule has 4 heterocycles. The number of anilines is 3. The van der Waals surface area contributed by atoms with E-state index in [1.165, 1.54) is 12.8 Å². The third-order valence-corrected chi connectivity index (χ3v) is 6.08. The Bertz CT molecular complexity index is 695. The van der Waals surface area contributed by atoms with Gasteiger partial charge in [0.2, 0.25) is 5.95 Å². The van der Waals surface area contributed by atoms with E-state index in [9.17, 15) is 4.79 Å². The Morgan fingerprint density at radius 3 is 2.33 bits per heavy atom. The molecule has 0 aliphatic carbocycles. The van der Waals surface area contributed by atoms with E-state index in [1.807, 2.05) is 20.2 Å². The van der Waals surface area contributed by atoms with Gasteiger partial charge in [0.05, 0.1) is 5.41 Å². The number of likely N-dealkylation sites (N-methyl/N-ethyl adjacent to an activating group) is 1. The fraction of sp³-hybridized carbons (Fsp3) is 0.737. The van der Waals surface area contributed by atoms with Gasteiger partial charge < -0.3 is 25.2 Å². The number of piperidine rings is 1. The summed E-state index contributed by atoms with van der Waals surface area (Å²) in [7, 11) is 4.03. The lowest BCUT2D eigenvalue weighted by Gasteiger charge is -2.37. The maximum Gasteiger partial charge on any atom is 0.312 e. The van der Waals surface area contributed by atoms with Gasteiger partial charge in [-0.3, -0.25) is 4.79 Å². The molecular weight excluding hydrogens is 344 g/mol. The van der Waals surface area contributed by atoms with Gasteiger partial charge in [0.25, 0.3) is 0 Å². The van der Waals surface area contributed by atoms with E-state index < -0.39 is 0 Å². The summed E-state index contributed by atoms with van der Waals surface area (Å²) in [4.78, 5) is 28.0. The lowest BCUT2D eigenvalue weighted by atomic mass is 9.76. The van der Waals surface area contributed by atoms with Crippen LogP contribution >= 0.6 is 0 Å². The Balaban J connectivity index is 1.44. The van der Waals surface area contributed by atoms with Crippen LogP contribution in [0.15, 0.2) is 6.07 Å². The Hall–Kier alpha value is -2.09. The van der Waals surface area contributed by atoms with Gasteiger partial charge in [0.15, 0.2) is 0 Å². The van der Waals surface area contributed by atoms with E-state index in [0.717, 1.165) is 63.6 Å². The smallest absolute Gasteiger partial charge is 0.312 e. The van der Waals surface area contributed by atoms with Crippen LogP contribution in [0, 0.1) is 5.41 Å². The Morgan fingerprint density at radius 1 is 1.15 bits per heavy atom. The van der Waals surface area contributed by atoms with Crippen LogP contribution in [0.1, 0.15) is 32.1 Å². The second-order valence-electron chi connectivity index (χ2n) is 8.40. The standard InChI is InChI=1S/C19H30N6O2/c1-23(2)13-14-12-19(17(26)27-14)5-9-25(10-6-19)16-11-15(21-18(20)22-16)24-7-3-4-8-24/h11,14H,3-10,12-13H2,1-2H3,(H2,20,21,22). The van der Waals surface area contributed by atoms with Gasteiger partial charge in [-0.15, -0.1) is 0 Å². The molecule has 0 radical (unpaired) electrons. The molecule has 0 saturated carbocycles. The Kier molecular flexibility index (Phi) is 4.84. The summed E-state index contributed by atoms with van der Waals surface area (Å²) in [5.41, 5.74) is 5.66. The summed E-state index contributed by atoms with van der Waals surface area (Å²) >= 11 is 0. The molecule has 0 aromatic carbocycles. The van der Waals surface area contributed by atoms with Crippen molar-refractivity contribution < 1.29 is 9.53 Å². The fourth-order valence-corrected chi connectivity index (χ4v) is 4.63. The zero-order valence-corrected chi connectivity index (χ0v) is 16.4. The highest BCUT2D eigenvalue weighted by molar-refractivity contribution is 5.79. The van der Waals surface area contributed by atoms with Gasteiger partial charge in [0.1, 0.15) is 17.7 Å². The minimum absolute atomic E-state index is 0.00974. The maximum absolute atomic E-state index is 12.6. The van der Waals surface area contributed by atoms with E-state index in [0.29, 0.717) is 5.95 Å². The lowest BCUT2D eigenvalue weighted by molar-refractivity contribution is -0.150. The largest absolute Gasteiger partial charge is 0.461 e. The molecule has 8 nitrogen and oxygen atoms in total. The number of carbonyl (C=O) groups is 1. The van der Waals surface area contributed by atoms with Gasteiger partial charge in [-0.2, -0.15) is 9.97 Å². The van der Waals surface area contributed by atoms with Gasteiger partial charge in [-0.25, -0.2) is 0 Å². The van der Waals surface area contributed by atoms with Crippen LogP contribution in [-0.4, -0.2) is 73.8 Å². The topological polar surface area (TPSA) is 87.8 Å². The molecular formula is C19H30N6O2. The molecule has 3 fully saturated rings. The zero-order valence-electron chi connectivity index (χ0n) is 16.4. The van der Waals surface area contributed by atoms with Crippen molar-refractivity contribution >= 4 is 23.6 Å². The molecule has 3 aliphatic rings. The molecule has 27 heavy (non-hydrogen) atoms. The van der Waals surface area contributed by atoms with Gasteiger partial charge in [0, 0.05) is 45.2 Å². The predicted octanol–water partition coefficient (Wildman–Crippen LogP) is 1.12. The second kappa shape index (κ2) is 7.14. The Morgan fingerprint density at radius 2 is 1.74 bits per heavy atom. The normalized spacial score (nSPS) is 24.9. The predicted molar refractivity (Wildman–Crippen MR) is 105 cm³/mol. The first-order chi connectivity index (χ1) is 12.9. The first-order valence-electron chi connectivity index (χ1n) is 9.95. The third kappa shape index (κ3) is 3.67. The molecule has 1 spiro atoms. The molecule has 148 valence electrons. The van der Waals surface area contributed by atoms with Crippen molar-refractivity contribution in [2.75, 3.05) is 62.4 Å². The average molecular weight is 374 g/mol. The molecule has 4 rings (SSSR count). The summed E-state index contributed by atoms with van der Waals surface area (Å²) in [6.07, 6.45) is 4.83. The summed E-state index contributed by atoms with van der Waals surface area (Å²) in [6.45, 7) is 4.43. The average Bonchev–Trinajstić information content (AvgIpc) is 3.24. The number of ether oxygens (including phenoxy) is 1. The van der Waals surface area contributed by atoms with Crippen molar-refractivity contribution in [1.82, 2.24) is 14.9 Å². The highest BCUT2D eigenvalue weighted by Crippen LogP contribution is 2.44. The molecule has 1 atom stereocenters. The van der Waals surface area contributed by atoms with Crippen LogP contribution in [0.4, 0.5) is 17.6 Å².